The van der Waals surface area contributed by atoms with Gasteiger partial charge in [-0.3, -0.25) is 0 Å². The summed E-state index contributed by atoms with van der Waals surface area (Å²) >= 11 is 9.04. The Bertz CT molecular complexity index is 336. The molecule has 9 heteroatoms. The molecule has 0 amide bonds. The van der Waals surface area contributed by atoms with Crippen LogP contribution in [0.4, 0.5) is 0 Å². The first-order chi connectivity index (χ1) is 7.29. The maximum Gasteiger partial charge on any atom is 0.350 e. The van der Waals surface area contributed by atoms with Crippen molar-refractivity contribution < 1.29 is 15.1 Å². The first-order valence-corrected chi connectivity index (χ1v) is 5.54. The normalized spacial score (nSPS) is 26.9. The van der Waals surface area contributed by atoms with Crippen LogP contribution in [0.3, 0.4) is 0 Å². The van der Waals surface area contributed by atoms with Crippen LogP contribution in [0.25, 0.3) is 0 Å². The van der Waals surface area contributed by atoms with Crippen LogP contribution in [0, 0.1) is 10.1 Å². The van der Waals surface area contributed by atoms with Crippen molar-refractivity contribution in [3.8, 4) is 0 Å². The Morgan fingerprint density at radius 3 is 2.75 bits per heavy atom. The lowest BCUT2D eigenvalue weighted by atomic mass is 10.3. The van der Waals surface area contributed by atoms with Crippen molar-refractivity contribution in [3.63, 3.8) is 0 Å². The minimum atomic E-state index is -1.21. The molecule has 1 heterocycles. The highest BCUT2D eigenvalue weighted by molar-refractivity contribution is 9.11. The van der Waals surface area contributed by atoms with Gasteiger partial charge in [0.1, 0.15) is 0 Å². The molecule has 1 aliphatic rings. The van der Waals surface area contributed by atoms with Crippen LogP contribution in [0.15, 0.2) is 10.4 Å². The lowest BCUT2D eigenvalue weighted by Crippen LogP contribution is -2.48. The fraction of sp³-hybridized carbons (Fsp3) is 0.714. The Labute approximate surface area is 105 Å². The number of rotatable bonds is 4. The summed E-state index contributed by atoms with van der Waals surface area (Å²) in [6, 6.07) is 0. The predicted molar refractivity (Wildman–Crippen MR) is 60.1 cm³/mol. The summed E-state index contributed by atoms with van der Waals surface area (Å²) in [5.74, 6) is -0.275. The van der Waals surface area contributed by atoms with Gasteiger partial charge in [-0.1, -0.05) is 0 Å². The van der Waals surface area contributed by atoms with E-state index in [9.17, 15) is 15.2 Å². The molecule has 2 unspecified atom stereocenters. The van der Waals surface area contributed by atoms with Crippen LogP contribution in [0.2, 0.25) is 0 Å². The summed E-state index contributed by atoms with van der Waals surface area (Å²) in [5.41, 5.74) is 0. The highest BCUT2D eigenvalue weighted by Gasteiger charge is 2.46. The Morgan fingerprint density at radius 1 is 1.81 bits per heavy atom. The number of nitrogens with one attached hydrogen (secondary N) is 1. The third-order valence-corrected chi connectivity index (χ3v) is 3.17. The molecular weight excluding hydrogens is 305 g/mol. The van der Waals surface area contributed by atoms with Crippen LogP contribution in [0.5, 0.6) is 0 Å². The summed E-state index contributed by atoms with van der Waals surface area (Å²) in [6.07, 6.45) is -1.03. The fourth-order valence-corrected chi connectivity index (χ4v) is 2.38. The van der Waals surface area contributed by atoms with Gasteiger partial charge in [-0.2, -0.15) is 0 Å². The Morgan fingerprint density at radius 2 is 2.38 bits per heavy atom. The van der Waals surface area contributed by atoms with Gasteiger partial charge in [-0.05, 0) is 32.5 Å². The van der Waals surface area contributed by atoms with E-state index in [0.29, 0.717) is 0 Å². The maximum atomic E-state index is 10.7. The zero-order valence-electron chi connectivity index (χ0n) is 8.35. The standard InChI is InChI=1S/C7H11BrClN3O4/c1-7(9)10-6(12(15)16)5(8)11(7)2-4(14)3-13/h4,10,13-14H,2-3H2,1H3. The lowest BCUT2D eigenvalue weighted by Gasteiger charge is -2.29. The molecule has 1 rings (SSSR count). The van der Waals surface area contributed by atoms with E-state index >= 15 is 0 Å². The highest BCUT2D eigenvalue weighted by Crippen LogP contribution is 2.34. The van der Waals surface area contributed by atoms with Crippen molar-refractivity contribution in [2.24, 2.45) is 0 Å². The number of aliphatic hydroxyl groups excluding tert-OH is 2. The molecule has 1 aliphatic heterocycles. The summed E-state index contributed by atoms with van der Waals surface area (Å²) < 4.78 is 0.141. The van der Waals surface area contributed by atoms with Crippen LogP contribution in [0.1, 0.15) is 6.92 Å². The van der Waals surface area contributed by atoms with E-state index in [1.54, 1.807) is 0 Å². The van der Waals surface area contributed by atoms with E-state index in [4.69, 9.17) is 16.7 Å². The van der Waals surface area contributed by atoms with Crippen LogP contribution >= 0.6 is 27.5 Å². The van der Waals surface area contributed by atoms with Crippen molar-refractivity contribution >= 4 is 27.5 Å². The molecule has 0 aromatic rings. The monoisotopic (exact) mass is 315 g/mol. The third kappa shape index (κ3) is 2.57. The molecule has 0 radical (unpaired) electrons. The van der Waals surface area contributed by atoms with Gasteiger partial charge in [0.15, 0.2) is 4.61 Å². The third-order valence-electron chi connectivity index (χ3n) is 2.07. The Kier molecular flexibility index (Phi) is 4.00. The second kappa shape index (κ2) is 4.74. The van der Waals surface area contributed by atoms with Crippen molar-refractivity contribution in [1.29, 1.82) is 0 Å². The average molecular weight is 317 g/mol. The molecule has 0 saturated carbocycles. The van der Waals surface area contributed by atoms with Gasteiger partial charge in [-0.15, -0.1) is 0 Å². The predicted octanol–water partition coefficient (Wildman–Crippen LogP) is -0.0445. The zero-order valence-corrected chi connectivity index (χ0v) is 10.7. The van der Waals surface area contributed by atoms with Crippen molar-refractivity contribution in [2.75, 3.05) is 13.2 Å². The molecule has 0 aliphatic carbocycles. The van der Waals surface area contributed by atoms with Gasteiger partial charge < -0.3 is 25.2 Å². The number of hydrogen-bond donors (Lipinski definition) is 3. The SMILES string of the molecule is CC1(Cl)NC([N+](=O)[O-])=C(Br)N1CC(O)CO. The van der Waals surface area contributed by atoms with Gasteiger partial charge in [-0.25, -0.2) is 5.32 Å². The smallest absolute Gasteiger partial charge is 0.350 e. The van der Waals surface area contributed by atoms with Crippen molar-refractivity contribution in [3.05, 3.63) is 20.5 Å². The summed E-state index contributed by atoms with van der Waals surface area (Å²) in [6.45, 7) is 1.04. The van der Waals surface area contributed by atoms with Crippen molar-refractivity contribution in [2.45, 2.75) is 18.1 Å². The number of hydrogen-bond acceptors (Lipinski definition) is 6. The molecule has 92 valence electrons. The topological polar surface area (TPSA) is 98.9 Å². The van der Waals surface area contributed by atoms with Gasteiger partial charge >= 0.3 is 5.82 Å². The fourth-order valence-electron chi connectivity index (χ4n) is 1.29. The minimum absolute atomic E-state index is 0.0264. The lowest BCUT2D eigenvalue weighted by molar-refractivity contribution is -0.431. The Hall–Kier alpha value is -0.570. The van der Waals surface area contributed by atoms with E-state index in [2.05, 4.69) is 21.2 Å². The molecule has 0 spiro atoms. The molecule has 3 N–H and O–H groups in total. The van der Waals surface area contributed by atoms with Gasteiger partial charge in [0.2, 0.25) is 0 Å². The molecule has 0 aromatic heterocycles. The average Bonchev–Trinajstić information content (AvgIpc) is 2.41. The second-order valence-electron chi connectivity index (χ2n) is 3.42. The molecule has 0 fully saturated rings. The largest absolute Gasteiger partial charge is 0.394 e. The zero-order chi connectivity index (χ0) is 12.5. The second-order valence-corrected chi connectivity index (χ2v) is 4.91. The number of halogens is 2. The summed E-state index contributed by atoms with van der Waals surface area (Å²) in [4.78, 5) is 11.4. The number of alkyl halides is 1. The van der Waals surface area contributed by atoms with Crippen molar-refractivity contribution in [1.82, 2.24) is 10.2 Å². The van der Waals surface area contributed by atoms with E-state index in [-0.39, 0.29) is 17.0 Å². The molecule has 2 atom stereocenters. The van der Waals surface area contributed by atoms with Crippen LogP contribution in [-0.2, 0) is 0 Å². The van der Waals surface area contributed by atoms with Gasteiger partial charge in [0.05, 0.1) is 19.3 Å². The molecule has 0 saturated heterocycles. The summed E-state index contributed by atoms with van der Waals surface area (Å²) in [7, 11) is 0. The van der Waals surface area contributed by atoms with E-state index in [1.165, 1.54) is 11.8 Å². The Balaban J connectivity index is 2.92. The number of aliphatic hydroxyl groups is 2. The van der Waals surface area contributed by atoms with Crippen LogP contribution < -0.4 is 5.32 Å². The van der Waals surface area contributed by atoms with Crippen LogP contribution in [-0.4, -0.2) is 44.4 Å². The quantitative estimate of drug-likeness (QED) is 0.291. The molecule has 16 heavy (non-hydrogen) atoms. The molecule has 0 bridgehead atoms. The van der Waals surface area contributed by atoms with E-state index < -0.39 is 22.8 Å². The first-order valence-electron chi connectivity index (χ1n) is 4.37. The molecular formula is C7H11BrClN3O4. The number of β-amino-alcohol motifs (C(OH)–C–C–N with tert-alkyl or cyclic N) is 1. The number of nitrogens with zero attached hydrogens (tertiary/aromatic N) is 2. The van der Waals surface area contributed by atoms with Gasteiger partial charge in [0.25, 0.3) is 5.12 Å². The molecule has 7 nitrogen and oxygen atoms in total. The summed E-state index contributed by atoms with van der Waals surface area (Å²) in [5, 5.41) is 30.0. The highest BCUT2D eigenvalue weighted by atomic mass is 79.9. The number of nitro groups is 1. The van der Waals surface area contributed by atoms with E-state index in [1.807, 2.05) is 0 Å². The maximum absolute atomic E-state index is 10.7. The molecule has 0 aromatic carbocycles. The van der Waals surface area contributed by atoms with Gasteiger partial charge in [0, 0.05) is 6.92 Å². The minimum Gasteiger partial charge on any atom is -0.394 e. The van der Waals surface area contributed by atoms with E-state index in [0.717, 1.165) is 0 Å². The first kappa shape index (κ1) is 13.5.